The third-order valence-electron chi connectivity index (χ3n) is 3.17. The summed E-state index contributed by atoms with van der Waals surface area (Å²) in [6.45, 7) is 0.485. The van der Waals surface area contributed by atoms with E-state index in [9.17, 15) is 20.7 Å². The monoisotopic (exact) mass is 323 g/mol. The molecular weight excluding hydrogens is 309 g/mol. The molecule has 1 fully saturated rings. The fraction of sp³-hybridized carbons (Fsp3) is 0.455. The lowest BCUT2D eigenvalue weighted by atomic mass is 10.3. The zero-order valence-electron chi connectivity index (χ0n) is 10.7. The molecule has 6 nitrogen and oxygen atoms in total. The van der Waals surface area contributed by atoms with E-state index in [1.54, 1.807) is 0 Å². The molecule has 0 saturated carbocycles. The lowest BCUT2D eigenvalue weighted by Gasteiger charge is -2.16. The lowest BCUT2D eigenvalue weighted by molar-refractivity contribution is 0.115. The fourth-order valence-corrected chi connectivity index (χ4v) is 4.16. The minimum absolute atomic E-state index is 0.183. The van der Waals surface area contributed by atoms with Gasteiger partial charge in [-0.05, 0) is 24.6 Å². The summed E-state index contributed by atoms with van der Waals surface area (Å²) < 4.78 is 65.5. The number of benzene rings is 1. The van der Waals surface area contributed by atoms with E-state index >= 15 is 0 Å². The Labute approximate surface area is 117 Å². The first kappa shape index (κ1) is 15.4. The molecule has 0 aromatic heterocycles. The summed E-state index contributed by atoms with van der Waals surface area (Å²) in [5.74, 6) is 0. The molecule has 112 valence electrons. The summed E-state index contributed by atoms with van der Waals surface area (Å²) in [6, 6.07) is 4.27. The summed E-state index contributed by atoms with van der Waals surface area (Å²) in [5.41, 5.74) is 0. The Bertz CT molecular complexity index is 701. The maximum atomic E-state index is 12.9. The molecule has 1 atom stereocenters. The van der Waals surface area contributed by atoms with Crippen LogP contribution in [0.5, 0.6) is 0 Å². The number of hydrogen-bond donors (Lipinski definition) is 0. The van der Waals surface area contributed by atoms with E-state index in [0.717, 1.165) is 12.1 Å². The molecule has 0 spiro atoms. The molecule has 1 aliphatic rings. The molecule has 1 aromatic rings. The minimum atomic E-state index is -4.93. The van der Waals surface area contributed by atoms with Crippen molar-refractivity contribution in [2.45, 2.75) is 22.3 Å². The Morgan fingerprint density at radius 3 is 2.45 bits per heavy atom. The zero-order valence-corrected chi connectivity index (χ0v) is 12.3. The van der Waals surface area contributed by atoms with E-state index in [4.69, 9.17) is 4.74 Å². The van der Waals surface area contributed by atoms with Gasteiger partial charge in [-0.2, -0.15) is 12.7 Å². The Morgan fingerprint density at radius 1 is 1.25 bits per heavy atom. The predicted molar refractivity (Wildman–Crippen MR) is 68.9 cm³/mol. The SMILES string of the molecule is COC1CCN(S(=O)(=O)c2cccc(S(=O)(=O)F)c2)C1. The fourth-order valence-electron chi connectivity index (χ4n) is 2.04. The van der Waals surface area contributed by atoms with Crippen LogP contribution in [0.25, 0.3) is 0 Å². The first-order chi connectivity index (χ1) is 9.25. The van der Waals surface area contributed by atoms with Crippen LogP contribution in [-0.4, -0.2) is 47.4 Å². The maximum absolute atomic E-state index is 12.9. The third-order valence-corrected chi connectivity index (χ3v) is 5.84. The number of rotatable bonds is 4. The van der Waals surface area contributed by atoms with Crippen LogP contribution in [0.3, 0.4) is 0 Å². The molecule has 0 N–H and O–H groups in total. The number of sulfonamides is 1. The van der Waals surface area contributed by atoms with Gasteiger partial charge in [-0.3, -0.25) is 0 Å². The second kappa shape index (κ2) is 5.40. The summed E-state index contributed by atoms with van der Waals surface area (Å²) >= 11 is 0. The normalized spacial score (nSPS) is 21.2. The van der Waals surface area contributed by atoms with E-state index < -0.39 is 25.1 Å². The Balaban J connectivity index is 2.36. The number of halogens is 1. The average Bonchev–Trinajstić information content (AvgIpc) is 2.87. The Hall–Kier alpha value is -1.03. The van der Waals surface area contributed by atoms with Crippen molar-refractivity contribution >= 4 is 20.2 Å². The number of methoxy groups -OCH3 is 1. The van der Waals surface area contributed by atoms with Crippen molar-refractivity contribution < 1.29 is 25.5 Å². The number of ether oxygens (including phenoxy) is 1. The summed E-state index contributed by atoms with van der Waals surface area (Å²) in [6.07, 6.45) is 0.384. The summed E-state index contributed by atoms with van der Waals surface area (Å²) in [7, 11) is -7.28. The van der Waals surface area contributed by atoms with Gasteiger partial charge in [0, 0.05) is 20.2 Å². The van der Waals surface area contributed by atoms with Gasteiger partial charge in [0.2, 0.25) is 10.0 Å². The van der Waals surface area contributed by atoms with Gasteiger partial charge in [0.25, 0.3) is 0 Å². The molecular formula is C11H14FNO5S2. The van der Waals surface area contributed by atoms with E-state index in [2.05, 4.69) is 0 Å². The standard InChI is InChI=1S/C11H14FNO5S2/c1-18-9-5-6-13(8-9)20(16,17)11-4-2-3-10(7-11)19(12,14)15/h2-4,7,9H,5-6,8H2,1H3. The summed E-state index contributed by atoms with van der Waals surface area (Å²) in [5, 5.41) is 0. The van der Waals surface area contributed by atoms with Gasteiger partial charge in [-0.15, -0.1) is 3.89 Å². The van der Waals surface area contributed by atoms with E-state index in [-0.39, 0.29) is 24.1 Å². The van der Waals surface area contributed by atoms with Crippen LogP contribution in [0, 0.1) is 0 Å². The second-order valence-corrected chi connectivity index (χ2v) is 7.71. The van der Waals surface area contributed by atoms with Crippen molar-refractivity contribution in [1.29, 1.82) is 0 Å². The first-order valence-corrected chi connectivity index (χ1v) is 8.65. The molecule has 0 aliphatic carbocycles. The Kier molecular flexibility index (Phi) is 4.14. The van der Waals surface area contributed by atoms with Crippen LogP contribution in [-0.2, 0) is 25.0 Å². The molecule has 20 heavy (non-hydrogen) atoms. The van der Waals surface area contributed by atoms with E-state index in [1.165, 1.54) is 23.5 Å². The van der Waals surface area contributed by atoms with Gasteiger partial charge in [0.05, 0.1) is 15.9 Å². The molecule has 2 rings (SSSR count). The van der Waals surface area contributed by atoms with Gasteiger partial charge in [-0.1, -0.05) is 6.07 Å². The molecule has 1 aliphatic heterocycles. The van der Waals surface area contributed by atoms with E-state index in [0.29, 0.717) is 6.42 Å². The largest absolute Gasteiger partial charge is 0.380 e. The van der Waals surface area contributed by atoms with Gasteiger partial charge >= 0.3 is 10.2 Å². The van der Waals surface area contributed by atoms with Crippen LogP contribution in [0.15, 0.2) is 34.1 Å². The van der Waals surface area contributed by atoms with Crippen LogP contribution in [0.2, 0.25) is 0 Å². The van der Waals surface area contributed by atoms with Gasteiger partial charge in [0.1, 0.15) is 0 Å². The summed E-state index contributed by atoms with van der Waals surface area (Å²) in [4.78, 5) is -0.908. The number of hydrogen-bond acceptors (Lipinski definition) is 5. The van der Waals surface area contributed by atoms with Crippen LogP contribution >= 0.6 is 0 Å². The predicted octanol–water partition coefficient (Wildman–Crippen LogP) is 0.754. The topological polar surface area (TPSA) is 80.8 Å². The zero-order chi connectivity index (χ0) is 15.0. The molecule has 1 unspecified atom stereocenters. The van der Waals surface area contributed by atoms with Crippen molar-refractivity contribution in [3.63, 3.8) is 0 Å². The molecule has 1 heterocycles. The molecule has 1 saturated heterocycles. The minimum Gasteiger partial charge on any atom is -0.380 e. The van der Waals surface area contributed by atoms with Crippen molar-refractivity contribution in [3.05, 3.63) is 24.3 Å². The molecule has 0 amide bonds. The van der Waals surface area contributed by atoms with Crippen molar-refractivity contribution in [2.75, 3.05) is 20.2 Å². The average molecular weight is 323 g/mol. The second-order valence-electron chi connectivity index (χ2n) is 4.42. The highest BCUT2D eigenvalue weighted by Crippen LogP contribution is 2.24. The molecule has 9 heteroatoms. The van der Waals surface area contributed by atoms with Crippen LogP contribution in [0.1, 0.15) is 6.42 Å². The Morgan fingerprint density at radius 2 is 1.90 bits per heavy atom. The maximum Gasteiger partial charge on any atom is 0.332 e. The van der Waals surface area contributed by atoms with Gasteiger partial charge < -0.3 is 4.74 Å². The molecule has 0 bridgehead atoms. The smallest absolute Gasteiger partial charge is 0.332 e. The van der Waals surface area contributed by atoms with Crippen molar-refractivity contribution in [1.82, 2.24) is 4.31 Å². The molecule has 0 radical (unpaired) electrons. The van der Waals surface area contributed by atoms with Crippen molar-refractivity contribution in [2.24, 2.45) is 0 Å². The first-order valence-electron chi connectivity index (χ1n) is 5.83. The number of nitrogens with zero attached hydrogens (tertiary/aromatic N) is 1. The lowest BCUT2D eigenvalue weighted by Crippen LogP contribution is -2.30. The van der Waals surface area contributed by atoms with Crippen LogP contribution in [0.4, 0.5) is 3.89 Å². The van der Waals surface area contributed by atoms with Crippen LogP contribution < -0.4 is 0 Å². The highest BCUT2D eigenvalue weighted by atomic mass is 32.3. The van der Waals surface area contributed by atoms with Gasteiger partial charge in [-0.25, -0.2) is 8.42 Å². The quantitative estimate of drug-likeness (QED) is 0.764. The third kappa shape index (κ3) is 3.00. The van der Waals surface area contributed by atoms with Gasteiger partial charge in [0.15, 0.2) is 0 Å². The molecule has 1 aromatic carbocycles. The highest BCUT2D eigenvalue weighted by Gasteiger charge is 2.33. The highest BCUT2D eigenvalue weighted by molar-refractivity contribution is 7.89. The van der Waals surface area contributed by atoms with E-state index in [1.807, 2.05) is 0 Å². The van der Waals surface area contributed by atoms with Crippen molar-refractivity contribution in [3.8, 4) is 0 Å².